The number of halogens is 1. The smallest absolute Gasteiger partial charge is 0.0637 e. The van der Waals surface area contributed by atoms with Crippen LogP contribution in [0.25, 0.3) is 0 Å². The molecule has 0 aliphatic carbocycles. The Morgan fingerprint density at radius 3 is 2.22 bits per heavy atom. The van der Waals surface area contributed by atoms with Gasteiger partial charge >= 0.3 is 0 Å². The van der Waals surface area contributed by atoms with Gasteiger partial charge in [0.15, 0.2) is 0 Å². The number of rotatable bonds is 3. The van der Waals surface area contributed by atoms with Crippen LogP contribution in [0, 0.1) is 13.8 Å². The SMILES string of the molecule is Cc1cc(C)cc(C(C)Nc2ccccc2Cl)c1. The van der Waals surface area contributed by atoms with Crippen molar-refractivity contribution in [2.24, 2.45) is 0 Å². The molecule has 0 heterocycles. The molecule has 2 aromatic carbocycles. The minimum Gasteiger partial charge on any atom is -0.377 e. The summed E-state index contributed by atoms with van der Waals surface area (Å²) < 4.78 is 0. The maximum Gasteiger partial charge on any atom is 0.0637 e. The third-order valence-electron chi connectivity index (χ3n) is 2.99. The first-order chi connectivity index (χ1) is 8.56. The fourth-order valence-corrected chi connectivity index (χ4v) is 2.35. The molecule has 0 aromatic heterocycles. The molecule has 1 N–H and O–H groups in total. The van der Waals surface area contributed by atoms with Crippen LogP contribution in [0.5, 0.6) is 0 Å². The predicted molar refractivity (Wildman–Crippen MR) is 79.4 cm³/mol. The zero-order valence-electron chi connectivity index (χ0n) is 11.0. The van der Waals surface area contributed by atoms with Crippen LogP contribution in [0.15, 0.2) is 42.5 Å². The van der Waals surface area contributed by atoms with Crippen LogP contribution < -0.4 is 5.32 Å². The first kappa shape index (κ1) is 13.0. The average molecular weight is 260 g/mol. The topological polar surface area (TPSA) is 12.0 Å². The van der Waals surface area contributed by atoms with Gasteiger partial charge in [0.1, 0.15) is 0 Å². The van der Waals surface area contributed by atoms with E-state index >= 15 is 0 Å². The van der Waals surface area contributed by atoms with Crippen LogP contribution in [0.4, 0.5) is 5.69 Å². The fourth-order valence-electron chi connectivity index (χ4n) is 2.15. The van der Waals surface area contributed by atoms with Crippen molar-refractivity contribution in [2.45, 2.75) is 26.8 Å². The molecule has 0 amide bonds. The van der Waals surface area contributed by atoms with Gasteiger partial charge < -0.3 is 5.32 Å². The normalized spacial score (nSPS) is 12.2. The number of aryl methyl sites for hydroxylation is 2. The molecule has 2 aromatic rings. The zero-order valence-corrected chi connectivity index (χ0v) is 11.8. The van der Waals surface area contributed by atoms with Crippen molar-refractivity contribution in [1.29, 1.82) is 0 Å². The van der Waals surface area contributed by atoms with Crippen molar-refractivity contribution in [1.82, 2.24) is 0 Å². The molecule has 0 radical (unpaired) electrons. The van der Waals surface area contributed by atoms with Gasteiger partial charge in [0.25, 0.3) is 0 Å². The number of hydrogen-bond donors (Lipinski definition) is 1. The van der Waals surface area contributed by atoms with E-state index in [0.717, 1.165) is 10.7 Å². The summed E-state index contributed by atoms with van der Waals surface area (Å²) in [4.78, 5) is 0. The Kier molecular flexibility index (Phi) is 3.93. The Bertz CT molecular complexity index is 528. The fraction of sp³-hybridized carbons (Fsp3) is 0.250. The standard InChI is InChI=1S/C16H18ClN/c1-11-8-12(2)10-14(9-11)13(3)18-16-7-5-4-6-15(16)17/h4-10,13,18H,1-3H3. The highest BCUT2D eigenvalue weighted by Crippen LogP contribution is 2.26. The van der Waals surface area contributed by atoms with Crippen LogP contribution in [0.1, 0.15) is 29.7 Å². The minimum absolute atomic E-state index is 0.239. The summed E-state index contributed by atoms with van der Waals surface area (Å²) in [6.45, 7) is 6.40. The first-order valence-electron chi connectivity index (χ1n) is 6.15. The van der Waals surface area contributed by atoms with Gasteiger partial charge in [0, 0.05) is 6.04 Å². The number of nitrogens with one attached hydrogen (secondary N) is 1. The molecule has 0 fully saturated rings. The molecular formula is C16H18ClN. The highest BCUT2D eigenvalue weighted by Gasteiger charge is 2.08. The predicted octanol–water partition coefficient (Wildman–Crippen LogP) is 5.13. The third-order valence-corrected chi connectivity index (χ3v) is 3.32. The molecule has 0 saturated heterocycles. The number of hydrogen-bond acceptors (Lipinski definition) is 1. The van der Waals surface area contributed by atoms with Crippen molar-refractivity contribution in [3.8, 4) is 0 Å². The third kappa shape index (κ3) is 3.05. The summed E-state index contributed by atoms with van der Waals surface area (Å²) in [5, 5.41) is 4.21. The molecule has 0 aliphatic heterocycles. The summed E-state index contributed by atoms with van der Waals surface area (Å²) in [5.41, 5.74) is 4.84. The highest BCUT2D eigenvalue weighted by molar-refractivity contribution is 6.33. The first-order valence-corrected chi connectivity index (χ1v) is 6.53. The Labute approximate surface area is 114 Å². The maximum atomic E-state index is 6.16. The summed E-state index contributed by atoms with van der Waals surface area (Å²) in [6.07, 6.45) is 0. The maximum absolute atomic E-state index is 6.16. The van der Waals surface area contributed by atoms with Crippen LogP contribution >= 0.6 is 11.6 Å². The molecule has 1 atom stereocenters. The lowest BCUT2D eigenvalue weighted by Gasteiger charge is -2.18. The zero-order chi connectivity index (χ0) is 13.1. The van der Waals surface area contributed by atoms with Gasteiger partial charge in [0.05, 0.1) is 10.7 Å². The summed E-state index contributed by atoms with van der Waals surface area (Å²) in [7, 11) is 0. The molecule has 94 valence electrons. The summed E-state index contributed by atoms with van der Waals surface area (Å²) in [5.74, 6) is 0. The van der Waals surface area contributed by atoms with Crippen molar-refractivity contribution < 1.29 is 0 Å². The van der Waals surface area contributed by atoms with E-state index in [2.05, 4.69) is 44.3 Å². The second kappa shape index (κ2) is 5.45. The quantitative estimate of drug-likeness (QED) is 0.806. The van der Waals surface area contributed by atoms with E-state index in [0.29, 0.717) is 0 Å². The van der Waals surface area contributed by atoms with E-state index < -0.39 is 0 Å². The molecule has 1 unspecified atom stereocenters. The molecule has 18 heavy (non-hydrogen) atoms. The van der Waals surface area contributed by atoms with Gasteiger partial charge in [-0.05, 0) is 38.5 Å². The van der Waals surface area contributed by atoms with E-state index in [1.165, 1.54) is 16.7 Å². The molecule has 2 rings (SSSR count). The highest BCUT2D eigenvalue weighted by atomic mass is 35.5. The van der Waals surface area contributed by atoms with Gasteiger partial charge in [-0.25, -0.2) is 0 Å². The Balaban J connectivity index is 2.22. The second-order valence-electron chi connectivity index (χ2n) is 4.77. The Morgan fingerprint density at radius 2 is 1.61 bits per heavy atom. The number of anilines is 1. The van der Waals surface area contributed by atoms with Crippen molar-refractivity contribution >= 4 is 17.3 Å². The monoisotopic (exact) mass is 259 g/mol. The van der Waals surface area contributed by atoms with Crippen molar-refractivity contribution in [3.63, 3.8) is 0 Å². The van der Waals surface area contributed by atoms with E-state index in [-0.39, 0.29) is 6.04 Å². The number of benzene rings is 2. The van der Waals surface area contributed by atoms with Gasteiger partial charge in [0.2, 0.25) is 0 Å². The van der Waals surface area contributed by atoms with Crippen LogP contribution in [-0.2, 0) is 0 Å². The second-order valence-corrected chi connectivity index (χ2v) is 5.17. The van der Waals surface area contributed by atoms with Crippen molar-refractivity contribution in [2.75, 3.05) is 5.32 Å². The summed E-state index contributed by atoms with van der Waals surface area (Å²) >= 11 is 6.16. The number of para-hydroxylation sites is 1. The lowest BCUT2D eigenvalue weighted by molar-refractivity contribution is 0.881. The largest absolute Gasteiger partial charge is 0.377 e. The molecular weight excluding hydrogens is 242 g/mol. The molecule has 0 aliphatic rings. The average Bonchev–Trinajstić information content (AvgIpc) is 2.31. The van der Waals surface area contributed by atoms with Gasteiger partial charge in [-0.2, -0.15) is 0 Å². The van der Waals surface area contributed by atoms with Gasteiger partial charge in [-0.3, -0.25) is 0 Å². The summed E-state index contributed by atoms with van der Waals surface area (Å²) in [6, 6.07) is 14.7. The molecule has 0 bridgehead atoms. The van der Waals surface area contributed by atoms with E-state index in [1.807, 2.05) is 24.3 Å². The van der Waals surface area contributed by atoms with Crippen LogP contribution in [0.3, 0.4) is 0 Å². The van der Waals surface area contributed by atoms with Crippen LogP contribution in [-0.4, -0.2) is 0 Å². The van der Waals surface area contributed by atoms with Gasteiger partial charge in [-0.15, -0.1) is 0 Å². The van der Waals surface area contributed by atoms with Crippen molar-refractivity contribution in [3.05, 3.63) is 64.2 Å². The van der Waals surface area contributed by atoms with Gasteiger partial charge in [-0.1, -0.05) is 53.1 Å². The van der Waals surface area contributed by atoms with E-state index in [9.17, 15) is 0 Å². The Hall–Kier alpha value is -1.47. The lowest BCUT2D eigenvalue weighted by Crippen LogP contribution is -2.07. The molecule has 1 nitrogen and oxygen atoms in total. The van der Waals surface area contributed by atoms with Crippen LogP contribution in [0.2, 0.25) is 5.02 Å². The molecule has 0 saturated carbocycles. The molecule has 0 spiro atoms. The molecule has 2 heteroatoms. The minimum atomic E-state index is 0.239. The van der Waals surface area contributed by atoms with E-state index in [4.69, 9.17) is 11.6 Å². The lowest BCUT2D eigenvalue weighted by atomic mass is 10.0. The Morgan fingerprint density at radius 1 is 1.00 bits per heavy atom. The van der Waals surface area contributed by atoms with E-state index in [1.54, 1.807) is 0 Å².